The van der Waals surface area contributed by atoms with Crippen molar-refractivity contribution in [2.24, 2.45) is 0 Å². The van der Waals surface area contributed by atoms with Gasteiger partial charge in [-0.15, -0.1) is 22.7 Å². The van der Waals surface area contributed by atoms with E-state index in [0.29, 0.717) is 0 Å². The largest absolute Gasteiger partial charge is 0.309 e. The van der Waals surface area contributed by atoms with Gasteiger partial charge in [-0.3, -0.25) is 0 Å². The standard InChI is InChI=1S/2C31H22N2.C31H21NS.C25H17NS/c1-21-14-16-22(17-15-21)32-28-11-5-4-10-26(28)27-19-18-23(20-31(27)32)33-29-12-6-2-8-24(29)25-9-3-7-13-30(25)33;1-21-9-8-10-22(19-21)33-30-16-7-4-13-26(30)27-18-17-23(20-31(27)33)32-28-14-5-2-11-24(28)25-12-3-6-15-29(25)32;1-20-8-6-9-22(18-20)32-28-14-4-2-10-24(28)27-19-21(16-17-29(27)32)23-12-7-13-26-25-11-3-5-15-30(25)33-31(23)26;1-16-10-12-17(13-11-16)26-22-8-4-2-6-18(22)20-14-15-21-19-7-3-5-9-23(19)27-25(21)24(20)26/h2*2-20H,1H3;2-19H,1H3;2-15H,1H3. The van der Waals surface area contributed by atoms with E-state index in [2.05, 4.69) is 480 Å². The number of rotatable bonds is 7. The van der Waals surface area contributed by atoms with Crippen LogP contribution in [0.25, 0.3) is 216 Å². The molecule has 8 heteroatoms. The molecule has 0 radical (unpaired) electrons. The Hall–Kier alpha value is -15.6. The second-order valence-corrected chi connectivity index (χ2v) is 35.5. The zero-order valence-electron chi connectivity index (χ0n) is 69.9. The molecule has 0 aliphatic carbocycles. The minimum absolute atomic E-state index is 1.18. The lowest BCUT2D eigenvalue weighted by Crippen LogP contribution is -1.97. The minimum atomic E-state index is 1.18. The number of aromatic nitrogens is 6. The summed E-state index contributed by atoms with van der Waals surface area (Å²) in [5.41, 5.74) is 29.7. The van der Waals surface area contributed by atoms with Crippen molar-refractivity contribution in [3.05, 3.63) is 447 Å². The summed E-state index contributed by atoms with van der Waals surface area (Å²) in [4.78, 5) is 0. The lowest BCUT2D eigenvalue weighted by molar-refractivity contribution is 1.15. The van der Waals surface area contributed by atoms with E-state index in [4.69, 9.17) is 0 Å². The van der Waals surface area contributed by atoms with Crippen LogP contribution in [0.2, 0.25) is 0 Å². The van der Waals surface area contributed by atoms with Crippen LogP contribution in [0, 0.1) is 27.7 Å². The van der Waals surface area contributed by atoms with Crippen LogP contribution < -0.4 is 0 Å². The van der Waals surface area contributed by atoms with E-state index in [0.717, 1.165) is 0 Å². The van der Waals surface area contributed by atoms with Crippen LogP contribution in [-0.4, -0.2) is 27.4 Å². The molecule has 596 valence electrons. The van der Waals surface area contributed by atoms with Crippen molar-refractivity contribution in [3.63, 3.8) is 0 Å². The van der Waals surface area contributed by atoms with Gasteiger partial charge in [0.05, 0.1) is 70.9 Å². The smallest absolute Gasteiger partial charge is 0.0719 e. The van der Waals surface area contributed by atoms with Gasteiger partial charge in [0, 0.05) is 134 Å². The maximum absolute atomic E-state index is 2.43. The molecule has 19 aromatic carbocycles. The third-order valence-corrected chi connectivity index (χ3v) is 28.1. The van der Waals surface area contributed by atoms with E-state index in [1.54, 1.807) is 0 Å². The molecule has 0 bridgehead atoms. The Balaban J connectivity index is 0.0000000942. The molecule has 0 amide bonds. The first-order chi connectivity index (χ1) is 62.2. The lowest BCUT2D eigenvalue weighted by atomic mass is 10.0. The molecule has 0 spiro atoms. The fourth-order valence-corrected chi connectivity index (χ4v) is 22.4. The van der Waals surface area contributed by atoms with Crippen molar-refractivity contribution in [1.29, 1.82) is 0 Å². The van der Waals surface area contributed by atoms with Crippen molar-refractivity contribution in [3.8, 4) is 45.3 Å². The molecule has 0 fully saturated rings. The van der Waals surface area contributed by atoms with Crippen LogP contribution in [0.15, 0.2) is 425 Å². The second-order valence-electron chi connectivity index (χ2n) is 33.4. The summed E-state index contributed by atoms with van der Waals surface area (Å²) < 4.78 is 19.8. The normalized spacial score (nSPS) is 11.8. The van der Waals surface area contributed by atoms with Crippen molar-refractivity contribution in [1.82, 2.24) is 27.4 Å². The van der Waals surface area contributed by atoms with Gasteiger partial charge in [-0.1, -0.05) is 290 Å². The Kier molecular flexibility index (Phi) is 17.8. The number of hydrogen-bond acceptors (Lipinski definition) is 2. The summed E-state index contributed by atoms with van der Waals surface area (Å²) in [7, 11) is 0. The highest BCUT2D eigenvalue weighted by Crippen LogP contribution is 2.47. The Bertz CT molecular complexity index is 8930. The van der Waals surface area contributed by atoms with Gasteiger partial charge in [0.25, 0.3) is 0 Å². The average Bonchev–Trinajstić information content (AvgIpc) is 1.59. The topological polar surface area (TPSA) is 29.6 Å². The Morgan fingerprint density at radius 3 is 0.873 bits per heavy atom. The number of aryl methyl sites for hydroxylation is 4. The minimum Gasteiger partial charge on any atom is -0.309 e. The van der Waals surface area contributed by atoms with E-state index < -0.39 is 0 Å². The second kappa shape index (κ2) is 30.2. The first-order valence-electron chi connectivity index (χ1n) is 43.3. The lowest BCUT2D eigenvalue weighted by Gasteiger charge is -2.11. The van der Waals surface area contributed by atoms with Gasteiger partial charge in [-0.2, -0.15) is 0 Å². The molecule has 0 aliphatic rings. The van der Waals surface area contributed by atoms with E-state index in [9.17, 15) is 0 Å². The quantitative estimate of drug-likeness (QED) is 0.152. The van der Waals surface area contributed by atoms with Crippen LogP contribution in [0.1, 0.15) is 22.3 Å². The van der Waals surface area contributed by atoms with Crippen LogP contribution >= 0.6 is 22.7 Å². The van der Waals surface area contributed by atoms with Gasteiger partial charge < -0.3 is 27.4 Å². The number of hydrogen-bond donors (Lipinski definition) is 0. The fraction of sp³-hybridized carbons (Fsp3) is 0.0339. The van der Waals surface area contributed by atoms with Gasteiger partial charge in [-0.25, -0.2) is 0 Å². The Morgan fingerprint density at radius 1 is 0.159 bits per heavy atom. The fourth-order valence-electron chi connectivity index (χ4n) is 20.0. The molecular weight excluding hydrogens is 1570 g/mol. The predicted molar refractivity (Wildman–Crippen MR) is 542 cm³/mol. The summed E-state index contributed by atoms with van der Waals surface area (Å²) in [5.74, 6) is 0. The average molecular weight is 1650 g/mol. The van der Waals surface area contributed by atoms with Crippen molar-refractivity contribution in [2.45, 2.75) is 27.7 Å². The van der Waals surface area contributed by atoms with E-state index in [-0.39, 0.29) is 0 Å². The number of thiophene rings is 2. The van der Waals surface area contributed by atoms with Gasteiger partial charge in [0.1, 0.15) is 0 Å². The molecule has 0 atom stereocenters. The summed E-state index contributed by atoms with van der Waals surface area (Å²) in [6.07, 6.45) is 0. The predicted octanol–water partition coefficient (Wildman–Crippen LogP) is 33.0. The zero-order chi connectivity index (χ0) is 83.8. The summed E-state index contributed by atoms with van der Waals surface area (Å²) >= 11 is 3.79. The Labute approximate surface area is 735 Å². The highest BCUT2D eigenvalue weighted by molar-refractivity contribution is 7.27. The van der Waals surface area contributed by atoms with E-state index in [1.165, 1.54) is 239 Å². The molecule has 0 N–H and O–H groups in total. The van der Waals surface area contributed by atoms with Crippen molar-refractivity contribution in [2.75, 3.05) is 0 Å². The molecule has 27 rings (SSSR count). The van der Waals surface area contributed by atoms with Crippen LogP contribution in [-0.2, 0) is 0 Å². The van der Waals surface area contributed by atoms with Crippen molar-refractivity contribution >= 4 is 194 Å². The first-order valence-corrected chi connectivity index (χ1v) is 44.9. The van der Waals surface area contributed by atoms with Crippen LogP contribution in [0.5, 0.6) is 0 Å². The van der Waals surface area contributed by atoms with Crippen LogP contribution in [0.4, 0.5) is 0 Å². The molecule has 8 heterocycles. The van der Waals surface area contributed by atoms with E-state index in [1.807, 2.05) is 22.7 Å². The summed E-state index contributed by atoms with van der Waals surface area (Å²) in [5, 5.41) is 20.8. The third kappa shape index (κ3) is 12.2. The highest BCUT2D eigenvalue weighted by atomic mass is 32.1. The number of para-hydroxylation sites is 8. The molecule has 0 unspecified atom stereocenters. The molecule has 6 nitrogen and oxygen atoms in total. The number of nitrogens with zero attached hydrogens (tertiary/aromatic N) is 6. The molecule has 8 aromatic heterocycles. The van der Waals surface area contributed by atoms with Gasteiger partial charge in [0.15, 0.2) is 0 Å². The highest BCUT2D eigenvalue weighted by Gasteiger charge is 2.23. The zero-order valence-corrected chi connectivity index (χ0v) is 71.5. The van der Waals surface area contributed by atoms with Gasteiger partial charge in [-0.05, 0) is 196 Å². The van der Waals surface area contributed by atoms with Crippen LogP contribution in [0.3, 0.4) is 0 Å². The monoisotopic (exact) mass is 1650 g/mol. The molecule has 0 aliphatic heterocycles. The maximum Gasteiger partial charge on any atom is 0.0719 e. The molecule has 126 heavy (non-hydrogen) atoms. The van der Waals surface area contributed by atoms with Crippen molar-refractivity contribution < 1.29 is 0 Å². The molecule has 27 aromatic rings. The van der Waals surface area contributed by atoms with Gasteiger partial charge >= 0.3 is 0 Å². The van der Waals surface area contributed by atoms with Gasteiger partial charge in [0.2, 0.25) is 0 Å². The maximum atomic E-state index is 2.43. The number of benzene rings is 19. The summed E-state index contributed by atoms with van der Waals surface area (Å²) in [6, 6.07) is 154. The molecule has 0 saturated heterocycles. The first kappa shape index (κ1) is 74.3. The molecular formula is C118H82N6S2. The number of fused-ring (bicyclic) bond motifs is 25. The summed E-state index contributed by atoms with van der Waals surface area (Å²) in [6.45, 7) is 8.58. The Morgan fingerprint density at radius 2 is 0.444 bits per heavy atom. The molecule has 0 saturated carbocycles. The third-order valence-electron chi connectivity index (χ3n) is 25.7. The SMILES string of the molecule is Cc1ccc(-n2c3ccccc3c3ccc(-n4c5ccccc5c5ccccc54)cc32)cc1.Cc1ccc(-n2c3ccccc3c3ccc4c5ccccc5sc4c32)cc1.Cc1cccc(-n2c3ccccc3c3cc(-c4cccc5c4sc4ccccc45)ccc32)c1.Cc1cccc(-n2c3ccccc3c3ccc(-n4c5ccccc5c5ccccc54)cc32)c1. The van der Waals surface area contributed by atoms with E-state index >= 15 is 0 Å².